The Morgan fingerprint density at radius 2 is 2.42 bits per heavy atom. The molecule has 0 spiro atoms. The Kier molecular flexibility index (Phi) is 3.22. The van der Waals surface area contributed by atoms with E-state index in [0.29, 0.717) is 19.4 Å². The van der Waals surface area contributed by atoms with E-state index in [2.05, 4.69) is 4.98 Å². The van der Waals surface area contributed by atoms with Crippen molar-refractivity contribution in [1.29, 1.82) is 0 Å². The molecule has 0 atom stereocenters. The van der Waals surface area contributed by atoms with Gasteiger partial charge in [0.2, 0.25) is 6.41 Å². The Balaban J connectivity index is 2.38. The first-order valence-electron chi connectivity index (χ1n) is 3.69. The summed E-state index contributed by atoms with van der Waals surface area (Å²) in [5, 5.41) is 1.11. The maximum absolute atomic E-state index is 10.1. The van der Waals surface area contributed by atoms with Crippen molar-refractivity contribution < 1.29 is 4.79 Å². The monoisotopic (exact) mass is 165 g/mol. The molecule has 0 fully saturated rings. The van der Waals surface area contributed by atoms with Gasteiger partial charge in [-0.2, -0.15) is 0 Å². The molecule has 0 aliphatic rings. The highest BCUT2D eigenvalue weighted by Crippen LogP contribution is 1.94. The van der Waals surface area contributed by atoms with E-state index in [4.69, 9.17) is 5.84 Å². The molecule has 1 aromatic heterocycles. The van der Waals surface area contributed by atoms with E-state index < -0.39 is 0 Å². The average Bonchev–Trinajstić information content (AvgIpc) is 2.16. The molecule has 1 aromatic rings. The first-order chi connectivity index (χ1) is 5.83. The molecule has 0 aliphatic carbocycles. The van der Waals surface area contributed by atoms with Gasteiger partial charge in [0.1, 0.15) is 0 Å². The van der Waals surface area contributed by atoms with E-state index in [1.165, 1.54) is 0 Å². The molecule has 0 aromatic carbocycles. The van der Waals surface area contributed by atoms with Crippen LogP contribution in [-0.2, 0) is 11.2 Å². The van der Waals surface area contributed by atoms with Crippen LogP contribution in [0.1, 0.15) is 5.69 Å². The van der Waals surface area contributed by atoms with Crippen molar-refractivity contribution in [1.82, 2.24) is 9.99 Å². The van der Waals surface area contributed by atoms with Gasteiger partial charge in [0, 0.05) is 24.9 Å². The van der Waals surface area contributed by atoms with Gasteiger partial charge in [0.25, 0.3) is 0 Å². The summed E-state index contributed by atoms with van der Waals surface area (Å²) in [4.78, 5) is 14.2. The first-order valence-corrected chi connectivity index (χ1v) is 3.69. The Hall–Kier alpha value is -1.42. The average molecular weight is 165 g/mol. The minimum Gasteiger partial charge on any atom is -0.283 e. The number of carbonyl (C=O) groups excluding carboxylic acids is 1. The molecule has 4 nitrogen and oxygen atoms in total. The smallest absolute Gasteiger partial charge is 0.223 e. The second-order valence-electron chi connectivity index (χ2n) is 2.41. The van der Waals surface area contributed by atoms with Crippen molar-refractivity contribution in [3.05, 3.63) is 30.1 Å². The second kappa shape index (κ2) is 4.46. The standard InChI is InChI=1S/C8H11N3O/c9-11(7-12)6-4-8-3-1-2-5-10-8/h1-3,5,7H,4,6,9H2. The van der Waals surface area contributed by atoms with E-state index in [9.17, 15) is 4.79 Å². The molecule has 12 heavy (non-hydrogen) atoms. The highest BCUT2D eigenvalue weighted by molar-refractivity contribution is 5.45. The number of amides is 1. The highest BCUT2D eigenvalue weighted by Gasteiger charge is 1.95. The predicted octanol–water partition coefficient (Wildman–Crippen LogP) is -0.0438. The van der Waals surface area contributed by atoms with Crippen LogP contribution in [0.15, 0.2) is 24.4 Å². The zero-order valence-corrected chi connectivity index (χ0v) is 6.68. The SMILES string of the molecule is NN(C=O)CCc1ccccn1. The van der Waals surface area contributed by atoms with Crippen molar-refractivity contribution in [2.75, 3.05) is 6.54 Å². The molecular weight excluding hydrogens is 154 g/mol. The molecule has 4 heteroatoms. The van der Waals surface area contributed by atoms with Gasteiger partial charge in [-0.05, 0) is 12.1 Å². The van der Waals surface area contributed by atoms with Gasteiger partial charge in [0.15, 0.2) is 0 Å². The Morgan fingerprint density at radius 1 is 1.58 bits per heavy atom. The number of pyridine rings is 1. The van der Waals surface area contributed by atoms with Gasteiger partial charge in [-0.15, -0.1) is 0 Å². The largest absolute Gasteiger partial charge is 0.283 e. The van der Waals surface area contributed by atoms with Crippen molar-refractivity contribution in [2.45, 2.75) is 6.42 Å². The number of hydrogen-bond donors (Lipinski definition) is 1. The van der Waals surface area contributed by atoms with Gasteiger partial charge >= 0.3 is 0 Å². The van der Waals surface area contributed by atoms with Crippen LogP contribution < -0.4 is 5.84 Å². The van der Waals surface area contributed by atoms with Gasteiger partial charge in [-0.3, -0.25) is 14.8 Å². The number of hydrogen-bond acceptors (Lipinski definition) is 3. The second-order valence-corrected chi connectivity index (χ2v) is 2.41. The van der Waals surface area contributed by atoms with Crippen LogP contribution in [0.4, 0.5) is 0 Å². The van der Waals surface area contributed by atoms with E-state index in [0.717, 1.165) is 10.7 Å². The molecule has 1 heterocycles. The van der Waals surface area contributed by atoms with Crippen LogP contribution >= 0.6 is 0 Å². The van der Waals surface area contributed by atoms with Crippen LogP contribution in [0.25, 0.3) is 0 Å². The van der Waals surface area contributed by atoms with Gasteiger partial charge in [0.05, 0.1) is 0 Å². The number of hydrazine groups is 1. The third-order valence-electron chi connectivity index (χ3n) is 1.49. The van der Waals surface area contributed by atoms with Crippen molar-refractivity contribution >= 4 is 6.41 Å². The van der Waals surface area contributed by atoms with Crippen molar-refractivity contribution in [3.63, 3.8) is 0 Å². The summed E-state index contributed by atoms with van der Waals surface area (Å²) in [6, 6.07) is 5.66. The number of nitrogens with two attached hydrogens (primary N) is 1. The van der Waals surface area contributed by atoms with E-state index in [1.807, 2.05) is 18.2 Å². The molecule has 1 rings (SSSR count). The van der Waals surface area contributed by atoms with E-state index in [-0.39, 0.29) is 0 Å². The molecule has 0 radical (unpaired) electrons. The minimum atomic E-state index is 0.501. The number of nitrogens with zero attached hydrogens (tertiary/aromatic N) is 2. The first kappa shape index (κ1) is 8.67. The summed E-state index contributed by atoms with van der Waals surface area (Å²) in [5.74, 6) is 5.26. The topological polar surface area (TPSA) is 59.2 Å². The Labute approximate surface area is 71.0 Å². The summed E-state index contributed by atoms with van der Waals surface area (Å²) in [5.41, 5.74) is 0.940. The lowest BCUT2D eigenvalue weighted by Gasteiger charge is -2.08. The Bertz CT molecular complexity index is 237. The molecule has 0 saturated heterocycles. The van der Waals surface area contributed by atoms with Crippen LogP contribution in [0.5, 0.6) is 0 Å². The molecule has 1 amide bonds. The zero-order valence-electron chi connectivity index (χ0n) is 6.68. The van der Waals surface area contributed by atoms with Crippen LogP contribution in [0.2, 0.25) is 0 Å². The maximum atomic E-state index is 10.1. The van der Waals surface area contributed by atoms with Gasteiger partial charge in [-0.1, -0.05) is 6.07 Å². The highest BCUT2D eigenvalue weighted by atomic mass is 16.1. The van der Waals surface area contributed by atoms with Crippen molar-refractivity contribution in [3.8, 4) is 0 Å². The minimum absolute atomic E-state index is 0.501. The lowest BCUT2D eigenvalue weighted by Crippen LogP contribution is -2.31. The van der Waals surface area contributed by atoms with Gasteiger partial charge < -0.3 is 0 Å². The lowest BCUT2D eigenvalue weighted by molar-refractivity contribution is -0.118. The van der Waals surface area contributed by atoms with Crippen molar-refractivity contribution in [2.24, 2.45) is 5.84 Å². The third kappa shape index (κ3) is 2.67. The van der Waals surface area contributed by atoms with Crippen LogP contribution in [-0.4, -0.2) is 22.9 Å². The summed E-state index contributed by atoms with van der Waals surface area (Å²) < 4.78 is 0. The van der Waals surface area contributed by atoms with E-state index >= 15 is 0 Å². The predicted molar refractivity (Wildman–Crippen MR) is 44.9 cm³/mol. The van der Waals surface area contributed by atoms with Crippen LogP contribution in [0.3, 0.4) is 0 Å². The Morgan fingerprint density at radius 3 is 3.00 bits per heavy atom. The summed E-state index contributed by atoms with van der Waals surface area (Å²) in [7, 11) is 0. The normalized spacial score (nSPS) is 9.42. The van der Waals surface area contributed by atoms with Crippen LogP contribution in [0, 0.1) is 0 Å². The third-order valence-corrected chi connectivity index (χ3v) is 1.49. The number of aromatic nitrogens is 1. The fraction of sp³-hybridized carbons (Fsp3) is 0.250. The molecule has 2 N–H and O–H groups in total. The molecule has 0 bridgehead atoms. The lowest BCUT2D eigenvalue weighted by atomic mass is 10.3. The summed E-state index contributed by atoms with van der Waals surface area (Å²) in [6.45, 7) is 0.501. The fourth-order valence-electron chi connectivity index (χ4n) is 0.842. The van der Waals surface area contributed by atoms with E-state index in [1.54, 1.807) is 6.20 Å². The number of carbonyl (C=O) groups is 1. The summed E-state index contributed by atoms with van der Waals surface area (Å²) in [6.07, 6.45) is 3.01. The maximum Gasteiger partial charge on any atom is 0.223 e. The quantitative estimate of drug-likeness (QED) is 0.294. The molecule has 0 aliphatic heterocycles. The molecule has 0 unspecified atom stereocenters. The summed E-state index contributed by atoms with van der Waals surface area (Å²) >= 11 is 0. The van der Waals surface area contributed by atoms with Gasteiger partial charge in [-0.25, -0.2) is 5.84 Å². The zero-order chi connectivity index (χ0) is 8.81. The molecule has 64 valence electrons. The fourth-order valence-corrected chi connectivity index (χ4v) is 0.842. The molecule has 0 saturated carbocycles. The number of rotatable bonds is 4. The molecular formula is C8H11N3O.